The van der Waals surface area contributed by atoms with Crippen LogP contribution in [0.25, 0.3) is 0 Å². The molecule has 56 valence electrons. The van der Waals surface area contributed by atoms with Gasteiger partial charge in [-0.25, -0.2) is 0 Å². The van der Waals surface area contributed by atoms with Gasteiger partial charge in [0.25, 0.3) is 0 Å². The van der Waals surface area contributed by atoms with Crippen molar-refractivity contribution < 1.29 is 0 Å². The van der Waals surface area contributed by atoms with Gasteiger partial charge in [0.05, 0.1) is 8.80 Å². The molecule has 1 nitrogen and oxygen atoms in total. The van der Waals surface area contributed by atoms with E-state index in [1.807, 2.05) is 6.20 Å². The molecule has 1 aromatic rings. The van der Waals surface area contributed by atoms with E-state index in [1.165, 1.54) is 17.4 Å². The van der Waals surface area contributed by atoms with Gasteiger partial charge in [-0.05, 0) is 17.4 Å². The summed E-state index contributed by atoms with van der Waals surface area (Å²) < 4.78 is 0. The Kier molecular flexibility index (Phi) is 2.75. The SMILES string of the molecule is CC[SiH](CC)c1ccc[nH]1. The first kappa shape index (κ1) is 7.60. The molecule has 0 aromatic carbocycles. The Morgan fingerprint density at radius 1 is 1.40 bits per heavy atom. The third kappa shape index (κ3) is 1.51. The van der Waals surface area contributed by atoms with E-state index in [-0.39, 0.29) is 0 Å². The second-order valence-corrected chi connectivity index (χ2v) is 6.29. The van der Waals surface area contributed by atoms with E-state index in [0.717, 1.165) is 0 Å². The van der Waals surface area contributed by atoms with Gasteiger partial charge in [-0.2, -0.15) is 0 Å². The van der Waals surface area contributed by atoms with Crippen molar-refractivity contribution in [2.24, 2.45) is 0 Å². The zero-order valence-corrected chi connectivity index (χ0v) is 7.88. The van der Waals surface area contributed by atoms with E-state index in [1.54, 1.807) is 0 Å². The van der Waals surface area contributed by atoms with Crippen LogP contribution in [-0.4, -0.2) is 13.8 Å². The molecule has 0 spiro atoms. The van der Waals surface area contributed by atoms with Gasteiger partial charge in [-0.3, -0.25) is 0 Å². The lowest BCUT2D eigenvalue weighted by atomic mass is 10.7. The van der Waals surface area contributed by atoms with Crippen molar-refractivity contribution in [2.75, 3.05) is 0 Å². The van der Waals surface area contributed by atoms with Crippen LogP contribution in [0.5, 0.6) is 0 Å². The monoisotopic (exact) mass is 153 g/mol. The molecule has 0 aliphatic rings. The van der Waals surface area contributed by atoms with Gasteiger partial charge < -0.3 is 4.98 Å². The Balaban J connectivity index is 2.64. The molecule has 0 radical (unpaired) electrons. The molecule has 1 aromatic heterocycles. The summed E-state index contributed by atoms with van der Waals surface area (Å²) in [5.41, 5.74) is 0. The highest BCUT2D eigenvalue weighted by atomic mass is 28.3. The second-order valence-electron chi connectivity index (χ2n) is 2.64. The molecule has 0 amide bonds. The van der Waals surface area contributed by atoms with E-state index in [2.05, 4.69) is 31.0 Å². The van der Waals surface area contributed by atoms with E-state index in [4.69, 9.17) is 0 Å². The molecule has 0 aliphatic carbocycles. The van der Waals surface area contributed by atoms with Gasteiger partial charge in [0.2, 0.25) is 0 Å². The van der Waals surface area contributed by atoms with Crippen LogP contribution in [-0.2, 0) is 0 Å². The number of rotatable bonds is 3. The third-order valence-corrected chi connectivity index (χ3v) is 5.26. The minimum absolute atomic E-state index is 0.557. The Labute approximate surface area is 64.1 Å². The van der Waals surface area contributed by atoms with Crippen LogP contribution in [0.1, 0.15) is 13.8 Å². The molecule has 0 saturated heterocycles. The predicted molar refractivity (Wildman–Crippen MR) is 48.5 cm³/mol. The zero-order chi connectivity index (χ0) is 7.40. The number of hydrogen-bond acceptors (Lipinski definition) is 0. The molecule has 0 bridgehead atoms. The maximum atomic E-state index is 3.30. The summed E-state index contributed by atoms with van der Waals surface area (Å²) in [5, 5.41) is 1.52. The molecule has 0 fully saturated rings. The number of aromatic amines is 1. The first-order chi connectivity index (χ1) is 4.88. The molecule has 0 aliphatic heterocycles. The van der Waals surface area contributed by atoms with E-state index in [0.29, 0.717) is 0 Å². The van der Waals surface area contributed by atoms with Crippen molar-refractivity contribution in [2.45, 2.75) is 25.9 Å². The average Bonchev–Trinajstić information content (AvgIpc) is 2.43. The summed E-state index contributed by atoms with van der Waals surface area (Å²) in [7, 11) is -0.557. The van der Waals surface area contributed by atoms with Crippen LogP contribution < -0.4 is 5.32 Å². The fraction of sp³-hybridized carbons (Fsp3) is 0.500. The topological polar surface area (TPSA) is 15.8 Å². The summed E-state index contributed by atoms with van der Waals surface area (Å²) in [6.07, 6.45) is 2.03. The summed E-state index contributed by atoms with van der Waals surface area (Å²) >= 11 is 0. The lowest BCUT2D eigenvalue weighted by molar-refractivity contribution is 1.31. The molecule has 1 rings (SSSR count). The van der Waals surface area contributed by atoms with Crippen molar-refractivity contribution in [3.05, 3.63) is 18.3 Å². The number of nitrogens with one attached hydrogen (secondary N) is 1. The Morgan fingerprint density at radius 3 is 2.50 bits per heavy atom. The van der Waals surface area contributed by atoms with Crippen molar-refractivity contribution in [1.82, 2.24) is 4.98 Å². The van der Waals surface area contributed by atoms with Gasteiger partial charge in [-0.1, -0.05) is 25.9 Å². The Morgan fingerprint density at radius 2 is 2.10 bits per heavy atom. The quantitative estimate of drug-likeness (QED) is 0.633. The predicted octanol–water partition coefficient (Wildman–Crippen LogP) is 1.49. The van der Waals surface area contributed by atoms with Crippen molar-refractivity contribution in [1.29, 1.82) is 0 Å². The lowest BCUT2D eigenvalue weighted by Crippen LogP contribution is -2.28. The van der Waals surface area contributed by atoms with Crippen molar-refractivity contribution in [3.63, 3.8) is 0 Å². The molecule has 0 saturated carbocycles. The van der Waals surface area contributed by atoms with Crippen LogP contribution in [0.2, 0.25) is 12.1 Å². The highest BCUT2D eigenvalue weighted by molar-refractivity contribution is 6.72. The number of aromatic nitrogens is 1. The molecule has 10 heavy (non-hydrogen) atoms. The first-order valence-electron chi connectivity index (χ1n) is 4.01. The summed E-state index contributed by atoms with van der Waals surface area (Å²) in [4.78, 5) is 3.30. The van der Waals surface area contributed by atoms with Gasteiger partial charge in [-0.15, -0.1) is 0 Å². The van der Waals surface area contributed by atoms with Crippen molar-refractivity contribution in [3.8, 4) is 0 Å². The number of hydrogen-bond donors (Lipinski definition) is 1. The molecule has 2 heteroatoms. The average molecular weight is 153 g/mol. The highest BCUT2D eigenvalue weighted by Crippen LogP contribution is 1.97. The minimum Gasteiger partial charge on any atom is -0.369 e. The molecule has 0 atom stereocenters. The molecular formula is C8H15NSi. The number of H-pyrrole nitrogens is 1. The lowest BCUT2D eigenvalue weighted by Gasteiger charge is -2.06. The van der Waals surface area contributed by atoms with Crippen LogP contribution in [0.3, 0.4) is 0 Å². The van der Waals surface area contributed by atoms with Crippen molar-refractivity contribution >= 4 is 14.1 Å². The van der Waals surface area contributed by atoms with E-state index in [9.17, 15) is 0 Å². The molecule has 1 N–H and O–H groups in total. The summed E-state index contributed by atoms with van der Waals surface area (Å²) in [5.74, 6) is 0. The zero-order valence-electron chi connectivity index (χ0n) is 6.72. The largest absolute Gasteiger partial charge is 0.369 e. The molecular weight excluding hydrogens is 138 g/mol. The maximum Gasteiger partial charge on any atom is 0.0909 e. The van der Waals surface area contributed by atoms with Gasteiger partial charge >= 0.3 is 0 Å². The van der Waals surface area contributed by atoms with Crippen LogP contribution in [0, 0.1) is 0 Å². The fourth-order valence-electron chi connectivity index (χ4n) is 1.33. The summed E-state index contributed by atoms with van der Waals surface area (Å²) in [6.45, 7) is 4.59. The second kappa shape index (κ2) is 3.61. The van der Waals surface area contributed by atoms with E-state index >= 15 is 0 Å². The molecule has 1 heterocycles. The van der Waals surface area contributed by atoms with Gasteiger partial charge in [0, 0.05) is 6.20 Å². The minimum atomic E-state index is -0.557. The fourth-order valence-corrected chi connectivity index (χ4v) is 3.50. The Hall–Kier alpha value is -0.503. The van der Waals surface area contributed by atoms with Crippen LogP contribution in [0.15, 0.2) is 18.3 Å². The van der Waals surface area contributed by atoms with Gasteiger partial charge in [0.1, 0.15) is 0 Å². The Bertz CT molecular complexity index is 165. The standard InChI is InChI=1S/C8H15NSi/c1-3-10(4-2)8-6-5-7-9-8/h5-7,9-10H,3-4H2,1-2H3. The normalized spacial score (nSPS) is 10.7. The van der Waals surface area contributed by atoms with E-state index < -0.39 is 8.80 Å². The highest BCUT2D eigenvalue weighted by Gasteiger charge is 2.07. The first-order valence-corrected chi connectivity index (χ1v) is 6.22. The van der Waals surface area contributed by atoms with Gasteiger partial charge in [0.15, 0.2) is 0 Å². The smallest absolute Gasteiger partial charge is 0.0909 e. The van der Waals surface area contributed by atoms with Crippen LogP contribution >= 0.6 is 0 Å². The third-order valence-electron chi connectivity index (χ3n) is 2.05. The maximum absolute atomic E-state index is 3.30. The summed E-state index contributed by atoms with van der Waals surface area (Å²) in [6, 6.07) is 7.07. The van der Waals surface area contributed by atoms with Crippen LogP contribution in [0.4, 0.5) is 0 Å². The molecule has 0 unspecified atom stereocenters.